The van der Waals surface area contributed by atoms with E-state index in [2.05, 4.69) is 15.6 Å². The van der Waals surface area contributed by atoms with Crippen LogP contribution < -0.4 is 21.0 Å². The van der Waals surface area contributed by atoms with Crippen LogP contribution in [0.2, 0.25) is 0 Å². The number of hydrogen-bond acceptors (Lipinski definition) is 5. The number of cyclic esters (lactones) is 1. The van der Waals surface area contributed by atoms with Crippen LogP contribution in [0.1, 0.15) is 10.5 Å². The number of aromatic nitrogens is 1. The first-order chi connectivity index (χ1) is 8.56. The Balaban J connectivity index is 0.00000180. The minimum atomic E-state index is -0.677. The van der Waals surface area contributed by atoms with Crippen LogP contribution in [-0.2, 0) is 25.2 Å². The maximum Gasteiger partial charge on any atom is 0.407 e. The van der Waals surface area contributed by atoms with Gasteiger partial charge in [0, 0.05) is 20.4 Å². The van der Waals surface area contributed by atoms with Crippen LogP contribution >= 0.6 is 0 Å². The van der Waals surface area contributed by atoms with Gasteiger partial charge < -0.3 is 25.5 Å². The fourth-order valence-electron chi connectivity index (χ4n) is 1.40. The molecule has 1 unspecified atom stereocenters. The molecule has 1 aromatic heterocycles. The standard InChI is InChI=1S/C10H11N3O5.Pd/c14-7-1-6(11-4-8(7)15)9(16)12-2-5-3-13-10(17)18-5;/h1,4-5H,2-3H2,(H4,11,12,13,14,15,16,17);/p-1. The van der Waals surface area contributed by atoms with Crippen molar-refractivity contribution in [1.82, 2.24) is 15.6 Å². The monoisotopic (exact) mass is 358 g/mol. The molecule has 0 bridgehead atoms. The second-order valence-corrected chi connectivity index (χ2v) is 3.66. The summed E-state index contributed by atoms with van der Waals surface area (Å²) in [6.07, 6.45) is -0.0573. The summed E-state index contributed by atoms with van der Waals surface area (Å²) < 4.78 is 4.80. The first-order valence-corrected chi connectivity index (χ1v) is 5.15. The zero-order valence-electron chi connectivity index (χ0n) is 9.49. The predicted octanol–water partition coefficient (Wildman–Crippen LogP) is -1.45. The van der Waals surface area contributed by atoms with Crippen LogP contribution in [-0.4, -0.2) is 36.3 Å². The van der Waals surface area contributed by atoms with Gasteiger partial charge in [-0.1, -0.05) is 5.69 Å². The molecule has 1 aliphatic rings. The molecule has 0 saturated carbocycles. The maximum absolute atomic E-state index is 11.6. The van der Waals surface area contributed by atoms with Crippen molar-refractivity contribution in [2.24, 2.45) is 0 Å². The van der Waals surface area contributed by atoms with E-state index in [9.17, 15) is 14.4 Å². The molecule has 2 heterocycles. The quantitative estimate of drug-likeness (QED) is 0.569. The molecule has 1 atom stereocenters. The van der Waals surface area contributed by atoms with Crippen LogP contribution in [0.4, 0.5) is 4.79 Å². The third kappa shape index (κ3) is 3.81. The predicted molar refractivity (Wildman–Crippen MR) is 58.3 cm³/mol. The van der Waals surface area contributed by atoms with E-state index in [0.717, 1.165) is 12.3 Å². The van der Waals surface area contributed by atoms with Crippen LogP contribution in [0, 0.1) is 0 Å². The third-order valence-corrected chi connectivity index (χ3v) is 2.32. The fraction of sp³-hybridized carbons (Fsp3) is 0.300. The number of aromatic hydroxyl groups is 1. The molecule has 8 nitrogen and oxygen atoms in total. The molecule has 0 aromatic carbocycles. The van der Waals surface area contributed by atoms with Crippen LogP contribution in [0.3, 0.4) is 0 Å². The SMILES string of the molecule is O=C1NCC(CNC(=O)c2cc(=O)c(O)c[n-]2)O1.[Pd]. The summed E-state index contributed by atoms with van der Waals surface area (Å²) in [7, 11) is 0. The van der Waals surface area contributed by atoms with Crippen LogP contribution in [0.25, 0.3) is 0 Å². The van der Waals surface area contributed by atoms with Gasteiger partial charge in [-0.3, -0.25) is 9.59 Å². The Kier molecular flexibility index (Phi) is 5.09. The fourth-order valence-corrected chi connectivity index (χ4v) is 1.40. The van der Waals surface area contributed by atoms with Gasteiger partial charge >= 0.3 is 6.09 Å². The second-order valence-electron chi connectivity index (χ2n) is 3.66. The largest absolute Gasteiger partial charge is 0.656 e. The Morgan fingerprint density at radius 1 is 1.58 bits per heavy atom. The number of nitrogens with zero attached hydrogens (tertiary/aromatic N) is 1. The van der Waals surface area contributed by atoms with E-state index < -0.39 is 29.3 Å². The Morgan fingerprint density at radius 3 is 2.89 bits per heavy atom. The van der Waals surface area contributed by atoms with Crippen LogP contribution in [0.5, 0.6) is 5.75 Å². The number of carbonyl (C=O) groups is 2. The molecule has 0 spiro atoms. The summed E-state index contributed by atoms with van der Waals surface area (Å²) in [4.78, 5) is 37.0. The Bertz CT molecular complexity index is 544. The zero-order chi connectivity index (χ0) is 13.1. The van der Waals surface area contributed by atoms with Gasteiger partial charge in [0.1, 0.15) is 11.9 Å². The number of pyridine rings is 1. The number of rotatable bonds is 3. The molecular formula is C10H10N3O5Pd-. The van der Waals surface area contributed by atoms with E-state index in [1.54, 1.807) is 0 Å². The number of ether oxygens (including phenoxy) is 1. The summed E-state index contributed by atoms with van der Waals surface area (Å²) in [5.74, 6) is -1.09. The van der Waals surface area contributed by atoms with E-state index in [1.807, 2.05) is 0 Å². The van der Waals surface area contributed by atoms with Crippen molar-refractivity contribution in [2.45, 2.75) is 6.10 Å². The average Bonchev–Trinajstić information content (AvgIpc) is 2.75. The van der Waals surface area contributed by atoms with Crippen molar-refractivity contribution in [1.29, 1.82) is 0 Å². The number of alkyl carbamates (subject to hydrolysis) is 1. The first-order valence-electron chi connectivity index (χ1n) is 5.15. The van der Waals surface area contributed by atoms with E-state index in [0.29, 0.717) is 6.54 Å². The number of amides is 2. The van der Waals surface area contributed by atoms with Gasteiger partial charge in [0.05, 0.1) is 13.1 Å². The summed E-state index contributed by atoms with van der Waals surface area (Å²) in [5.41, 5.74) is -0.779. The molecule has 19 heavy (non-hydrogen) atoms. The molecule has 1 aliphatic heterocycles. The van der Waals surface area contributed by atoms with Crippen molar-refractivity contribution in [3.63, 3.8) is 0 Å². The molecule has 2 amide bonds. The average molecular weight is 359 g/mol. The first kappa shape index (κ1) is 15.2. The molecular weight excluding hydrogens is 349 g/mol. The van der Waals surface area contributed by atoms with E-state index >= 15 is 0 Å². The second kappa shape index (κ2) is 6.36. The van der Waals surface area contributed by atoms with E-state index in [-0.39, 0.29) is 32.7 Å². The van der Waals surface area contributed by atoms with E-state index in [4.69, 9.17) is 9.84 Å². The van der Waals surface area contributed by atoms with Crippen molar-refractivity contribution < 1.29 is 39.9 Å². The third-order valence-electron chi connectivity index (χ3n) is 2.32. The summed E-state index contributed by atoms with van der Waals surface area (Å²) in [6, 6.07) is 0.934. The van der Waals surface area contributed by atoms with Gasteiger partial charge in [0.25, 0.3) is 0 Å². The Labute approximate surface area is 121 Å². The Hall–Kier alpha value is -1.85. The van der Waals surface area contributed by atoms with Crippen molar-refractivity contribution in [2.75, 3.05) is 13.1 Å². The van der Waals surface area contributed by atoms with Crippen LogP contribution in [0.15, 0.2) is 17.1 Å². The molecule has 1 aromatic rings. The molecule has 0 aliphatic carbocycles. The minimum Gasteiger partial charge on any atom is -0.656 e. The number of nitrogens with one attached hydrogen (secondary N) is 2. The van der Waals surface area contributed by atoms with Crippen molar-refractivity contribution in [3.05, 3.63) is 28.2 Å². The minimum absolute atomic E-state index is 0. The van der Waals surface area contributed by atoms with Gasteiger partial charge in [0.2, 0.25) is 11.3 Å². The van der Waals surface area contributed by atoms with Gasteiger partial charge in [-0.2, -0.15) is 0 Å². The Morgan fingerprint density at radius 2 is 2.32 bits per heavy atom. The maximum atomic E-state index is 11.6. The molecule has 9 heteroatoms. The normalized spacial score (nSPS) is 17.1. The topological polar surface area (TPSA) is 119 Å². The van der Waals surface area contributed by atoms with Gasteiger partial charge in [-0.05, 0) is 6.07 Å². The number of carbonyl (C=O) groups excluding carboxylic acids is 2. The molecule has 1 fully saturated rings. The van der Waals surface area contributed by atoms with Gasteiger partial charge in [-0.25, -0.2) is 4.79 Å². The molecule has 3 N–H and O–H groups in total. The molecule has 1 saturated heterocycles. The molecule has 0 radical (unpaired) electrons. The summed E-state index contributed by atoms with van der Waals surface area (Å²) in [6.45, 7) is 0.434. The van der Waals surface area contributed by atoms with E-state index in [1.165, 1.54) is 0 Å². The van der Waals surface area contributed by atoms with Crippen molar-refractivity contribution >= 4 is 12.0 Å². The smallest absolute Gasteiger partial charge is 0.407 e. The molecule has 2 rings (SSSR count). The van der Waals surface area contributed by atoms with Gasteiger partial charge in [-0.15, -0.1) is 6.20 Å². The van der Waals surface area contributed by atoms with Crippen molar-refractivity contribution in [3.8, 4) is 5.75 Å². The van der Waals surface area contributed by atoms with Gasteiger partial charge in [0.15, 0.2) is 0 Å². The number of hydrogen-bond donors (Lipinski definition) is 3. The summed E-state index contributed by atoms with van der Waals surface area (Å²) >= 11 is 0. The zero-order valence-corrected chi connectivity index (χ0v) is 11.0. The molecule has 106 valence electrons. The summed E-state index contributed by atoms with van der Waals surface area (Å²) in [5, 5.41) is 13.9.